The first-order valence-electron chi connectivity index (χ1n) is 6.17. The fraction of sp³-hybridized carbons (Fsp3) is 1.00. The molecule has 4 nitrogen and oxygen atoms in total. The molecule has 0 radical (unpaired) electrons. The second kappa shape index (κ2) is 5.98. The van der Waals surface area contributed by atoms with Gasteiger partial charge in [0.2, 0.25) is 10.0 Å². The standard InChI is InChI=1S/C11H24N2O2S/c1-10(2)9-16(14,15)13-7-5-3-4-6-11(13)8-12/h10-11H,3-9,12H2,1-2H3. The van der Waals surface area contributed by atoms with E-state index in [1.165, 1.54) is 0 Å². The first kappa shape index (κ1) is 13.9. The summed E-state index contributed by atoms with van der Waals surface area (Å²) in [6.45, 7) is 4.97. The van der Waals surface area contributed by atoms with Gasteiger partial charge in [-0.3, -0.25) is 0 Å². The van der Waals surface area contributed by atoms with Crippen molar-refractivity contribution in [3.8, 4) is 0 Å². The topological polar surface area (TPSA) is 63.4 Å². The summed E-state index contributed by atoms with van der Waals surface area (Å²) in [5.74, 6) is 0.412. The minimum Gasteiger partial charge on any atom is -0.329 e. The van der Waals surface area contributed by atoms with E-state index in [1.807, 2.05) is 13.8 Å². The highest BCUT2D eigenvalue weighted by molar-refractivity contribution is 7.89. The lowest BCUT2D eigenvalue weighted by atomic mass is 10.1. The number of rotatable bonds is 4. The number of hydrogen-bond donors (Lipinski definition) is 1. The molecule has 1 atom stereocenters. The zero-order chi connectivity index (χ0) is 12.2. The molecule has 1 saturated heterocycles. The molecule has 2 N–H and O–H groups in total. The number of sulfonamides is 1. The summed E-state index contributed by atoms with van der Waals surface area (Å²) in [6, 6.07) is 0.0197. The van der Waals surface area contributed by atoms with E-state index in [2.05, 4.69) is 0 Å². The number of hydrogen-bond acceptors (Lipinski definition) is 3. The smallest absolute Gasteiger partial charge is 0.214 e. The summed E-state index contributed by atoms with van der Waals surface area (Å²) >= 11 is 0. The molecule has 1 unspecified atom stereocenters. The zero-order valence-corrected chi connectivity index (χ0v) is 11.2. The van der Waals surface area contributed by atoms with Gasteiger partial charge in [0.15, 0.2) is 0 Å². The summed E-state index contributed by atoms with van der Waals surface area (Å²) in [6.07, 6.45) is 4.08. The van der Waals surface area contributed by atoms with E-state index in [0.29, 0.717) is 13.1 Å². The van der Waals surface area contributed by atoms with Crippen LogP contribution in [0.4, 0.5) is 0 Å². The van der Waals surface area contributed by atoms with Crippen molar-refractivity contribution in [2.45, 2.75) is 45.6 Å². The van der Waals surface area contributed by atoms with Crippen molar-refractivity contribution in [1.29, 1.82) is 0 Å². The van der Waals surface area contributed by atoms with E-state index in [-0.39, 0.29) is 17.7 Å². The first-order valence-corrected chi connectivity index (χ1v) is 7.78. The van der Waals surface area contributed by atoms with Crippen LogP contribution in [0.2, 0.25) is 0 Å². The summed E-state index contributed by atoms with van der Waals surface area (Å²) in [4.78, 5) is 0. The van der Waals surface area contributed by atoms with Crippen LogP contribution in [0, 0.1) is 5.92 Å². The molecule has 1 rings (SSSR count). The van der Waals surface area contributed by atoms with Crippen molar-refractivity contribution >= 4 is 10.0 Å². The third kappa shape index (κ3) is 3.71. The molecule has 0 aromatic carbocycles. The van der Waals surface area contributed by atoms with Gasteiger partial charge in [-0.15, -0.1) is 0 Å². The van der Waals surface area contributed by atoms with Crippen LogP contribution >= 0.6 is 0 Å². The quantitative estimate of drug-likeness (QED) is 0.812. The fourth-order valence-corrected chi connectivity index (χ4v) is 4.36. The van der Waals surface area contributed by atoms with Crippen molar-refractivity contribution in [3.63, 3.8) is 0 Å². The van der Waals surface area contributed by atoms with Crippen LogP contribution in [0.3, 0.4) is 0 Å². The SMILES string of the molecule is CC(C)CS(=O)(=O)N1CCCCCC1CN. The van der Waals surface area contributed by atoms with E-state index in [4.69, 9.17) is 5.73 Å². The Hall–Kier alpha value is -0.130. The van der Waals surface area contributed by atoms with Crippen molar-refractivity contribution < 1.29 is 8.42 Å². The molecule has 5 heteroatoms. The van der Waals surface area contributed by atoms with E-state index in [0.717, 1.165) is 25.7 Å². The van der Waals surface area contributed by atoms with Crippen LogP contribution in [-0.4, -0.2) is 37.6 Å². The highest BCUT2D eigenvalue weighted by Gasteiger charge is 2.30. The molecule has 96 valence electrons. The van der Waals surface area contributed by atoms with E-state index >= 15 is 0 Å². The molecule has 1 fully saturated rings. The van der Waals surface area contributed by atoms with Crippen molar-refractivity contribution in [3.05, 3.63) is 0 Å². The van der Waals surface area contributed by atoms with Gasteiger partial charge >= 0.3 is 0 Å². The third-order valence-electron chi connectivity index (χ3n) is 3.00. The van der Waals surface area contributed by atoms with Crippen LogP contribution in [0.25, 0.3) is 0 Å². The molecule has 16 heavy (non-hydrogen) atoms. The molecule has 0 saturated carbocycles. The van der Waals surface area contributed by atoms with E-state index in [9.17, 15) is 8.42 Å². The average Bonchev–Trinajstić information content (AvgIpc) is 2.40. The Labute approximate surface area is 99.2 Å². The molecular weight excluding hydrogens is 224 g/mol. The Morgan fingerprint density at radius 3 is 2.56 bits per heavy atom. The highest BCUT2D eigenvalue weighted by atomic mass is 32.2. The van der Waals surface area contributed by atoms with Gasteiger partial charge in [-0.25, -0.2) is 8.42 Å². The maximum Gasteiger partial charge on any atom is 0.214 e. The van der Waals surface area contributed by atoms with Gasteiger partial charge < -0.3 is 5.73 Å². The predicted molar refractivity (Wildman–Crippen MR) is 66.6 cm³/mol. The molecule has 0 aromatic rings. The van der Waals surface area contributed by atoms with Gasteiger partial charge in [0.05, 0.1) is 5.75 Å². The number of nitrogens with zero attached hydrogens (tertiary/aromatic N) is 1. The lowest BCUT2D eigenvalue weighted by molar-refractivity contribution is 0.326. The molecule has 0 aromatic heterocycles. The largest absolute Gasteiger partial charge is 0.329 e. The van der Waals surface area contributed by atoms with Crippen LogP contribution in [0.1, 0.15) is 39.5 Å². The minimum absolute atomic E-state index is 0.0197. The number of nitrogens with two attached hydrogens (primary N) is 1. The Kier molecular flexibility index (Phi) is 5.21. The minimum atomic E-state index is -3.11. The molecular formula is C11H24N2O2S. The molecule has 1 aliphatic rings. The molecule has 0 spiro atoms. The van der Waals surface area contributed by atoms with Gasteiger partial charge in [-0.05, 0) is 18.8 Å². The second-order valence-corrected chi connectivity index (χ2v) is 6.99. The maximum absolute atomic E-state index is 12.2. The maximum atomic E-state index is 12.2. The molecule has 1 heterocycles. The monoisotopic (exact) mass is 248 g/mol. The van der Waals surface area contributed by atoms with Gasteiger partial charge in [0.25, 0.3) is 0 Å². The fourth-order valence-electron chi connectivity index (χ4n) is 2.27. The van der Waals surface area contributed by atoms with E-state index < -0.39 is 10.0 Å². The normalized spacial score (nSPS) is 24.6. The van der Waals surface area contributed by atoms with Gasteiger partial charge in [-0.2, -0.15) is 4.31 Å². The Balaban J connectivity index is 2.80. The lowest BCUT2D eigenvalue weighted by Crippen LogP contribution is -2.45. The third-order valence-corrected chi connectivity index (χ3v) is 5.28. The Morgan fingerprint density at radius 1 is 1.31 bits per heavy atom. The van der Waals surface area contributed by atoms with Gasteiger partial charge in [0.1, 0.15) is 0 Å². The van der Waals surface area contributed by atoms with Crippen LogP contribution in [-0.2, 0) is 10.0 Å². The molecule has 0 amide bonds. The summed E-state index contributed by atoms with van der Waals surface area (Å²) < 4.78 is 26.0. The second-order valence-electron chi connectivity index (χ2n) is 5.02. The summed E-state index contributed by atoms with van der Waals surface area (Å²) in [5.41, 5.74) is 5.68. The van der Waals surface area contributed by atoms with Crippen LogP contribution in [0.15, 0.2) is 0 Å². The molecule has 0 bridgehead atoms. The average molecular weight is 248 g/mol. The van der Waals surface area contributed by atoms with Crippen LogP contribution in [0.5, 0.6) is 0 Å². The zero-order valence-electron chi connectivity index (χ0n) is 10.4. The lowest BCUT2D eigenvalue weighted by Gasteiger charge is -2.28. The van der Waals surface area contributed by atoms with E-state index in [1.54, 1.807) is 4.31 Å². The van der Waals surface area contributed by atoms with Gasteiger partial charge in [-0.1, -0.05) is 26.7 Å². The predicted octanol–water partition coefficient (Wildman–Crippen LogP) is 1.18. The highest BCUT2D eigenvalue weighted by Crippen LogP contribution is 2.20. The summed E-state index contributed by atoms with van der Waals surface area (Å²) in [7, 11) is -3.11. The van der Waals surface area contributed by atoms with Gasteiger partial charge in [0, 0.05) is 19.1 Å². The van der Waals surface area contributed by atoms with Crippen LogP contribution < -0.4 is 5.73 Å². The first-order chi connectivity index (χ1) is 7.47. The molecule has 1 aliphatic heterocycles. The Morgan fingerprint density at radius 2 is 2.00 bits per heavy atom. The van der Waals surface area contributed by atoms with Crippen molar-refractivity contribution in [2.75, 3.05) is 18.8 Å². The summed E-state index contributed by atoms with van der Waals surface area (Å²) in [5, 5.41) is 0. The van der Waals surface area contributed by atoms with Crippen molar-refractivity contribution in [2.24, 2.45) is 11.7 Å². The van der Waals surface area contributed by atoms with Crippen molar-refractivity contribution in [1.82, 2.24) is 4.31 Å². The Bertz CT molecular complexity index is 301. The molecule has 0 aliphatic carbocycles.